The average molecular weight is 240 g/mol. The SMILES string of the molecule is CCCCN(C(=O)CC1CCCN1)C(C)CC. The molecule has 1 N–H and O–H groups in total. The van der Waals surface area contributed by atoms with Gasteiger partial charge in [-0.3, -0.25) is 4.79 Å². The Morgan fingerprint density at radius 2 is 2.24 bits per heavy atom. The quantitative estimate of drug-likeness (QED) is 0.742. The summed E-state index contributed by atoms with van der Waals surface area (Å²) < 4.78 is 0. The van der Waals surface area contributed by atoms with Gasteiger partial charge in [0.15, 0.2) is 0 Å². The first-order valence-electron chi connectivity index (χ1n) is 7.21. The van der Waals surface area contributed by atoms with Gasteiger partial charge in [0.2, 0.25) is 5.91 Å². The van der Waals surface area contributed by atoms with E-state index in [9.17, 15) is 4.79 Å². The number of nitrogens with zero attached hydrogens (tertiary/aromatic N) is 1. The standard InChI is InChI=1S/C14H28N2O/c1-4-6-10-16(12(3)5-2)14(17)11-13-8-7-9-15-13/h12-13,15H,4-11H2,1-3H3. The fourth-order valence-corrected chi connectivity index (χ4v) is 2.40. The molecular formula is C14H28N2O. The maximum atomic E-state index is 12.3. The number of carbonyl (C=O) groups excluding carboxylic acids is 1. The van der Waals surface area contributed by atoms with Crippen LogP contribution in [-0.2, 0) is 4.79 Å². The number of unbranched alkanes of at least 4 members (excludes halogenated alkanes) is 1. The van der Waals surface area contributed by atoms with E-state index in [0.717, 1.165) is 38.8 Å². The Labute approximate surface area is 106 Å². The molecule has 0 spiro atoms. The first-order chi connectivity index (χ1) is 8.19. The van der Waals surface area contributed by atoms with Crippen molar-refractivity contribution in [1.29, 1.82) is 0 Å². The Morgan fingerprint density at radius 1 is 1.47 bits per heavy atom. The third-order valence-electron chi connectivity index (χ3n) is 3.78. The first-order valence-corrected chi connectivity index (χ1v) is 7.21. The molecule has 1 amide bonds. The predicted octanol–water partition coefficient (Wildman–Crippen LogP) is 2.56. The Balaban J connectivity index is 2.45. The first kappa shape index (κ1) is 14.5. The Hall–Kier alpha value is -0.570. The van der Waals surface area contributed by atoms with Crippen molar-refractivity contribution in [3.63, 3.8) is 0 Å². The summed E-state index contributed by atoms with van der Waals surface area (Å²) in [7, 11) is 0. The maximum Gasteiger partial charge on any atom is 0.224 e. The number of rotatable bonds is 7. The van der Waals surface area contributed by atoms with Gasteiger partial charge in [-0.05, 0) is 39.2 Å². The van der Waals surface area contributed by atoms with Crippen LogP contribution in [-0.4, -0.2) is 36.0 Å². The Morgan fingerprint density at radius 3 is 2.76 bits per heavy atom. The van der Waals surface area contributed by atoms with E-state index in [1.807, 2.05) is 0 Å². The van der Waals surface area contributed by atoms with E-state index in [2.05, 4.69) is 31.0 Å². The molecule has 1 fully saturated rings. The smallest absolute Gasteiger partial charge is 0.224 e. The lowest BCUT2D eigenvalue weighted by atomic mass is 10.1. The summed E-state index contributed by atoms with van der Waals surface area (Å²) in [5, 5.41) is 3.41. The maximum absolute atomic E-state index is 12.3. The van der Waals surface area contributed by atoms with Crippen LogP contribution in [0.4, 0.5) is 0 Å². The van der Waals surface area contributed by atoms with Crippen LogP contribution >= 0.6 is 0 Å². The molecule has 0 aromatic rings. The normalized spacial score (nSPS) is 21.5. The van der Waals surface area contributed by atoms with Gasteiger partial charge in [0, 0.05) is 25.0 Å². The number of carbonyl (C=O) groups is 1. The van der Waals surface area contributed by atoms with E-state index in [1.54, 1.807) is 0 Å². The Kier molecular flexibility index (Phi) is 6.56. The predicted molar refractivity (Wildman–Crippen MR) is 72.0 cm³/mol. The summed E-state index contributed by atoms with van der Waals surface area (Å²) in [5.41, 5.74) is 0. The van der Waals surface area contributed by atoms with Crippen molar-refractivity contribution in [2.75, 3.05) is 13.1 Å². The van der Waals surface area contributed by atoms with Gasteiger partial charge in [-0.25, -0.2) is 0 Å². The number of hydrogen-bond donors (Lipinski definition) is 1. The fourth-order valence-electron chi connectivity index (χ4n) is 2.40. The summed E-state index contributed by atoms with van der Waals surface area (Å²) in [4.78, 5) is 14.4. The zero-order valence-corrected chi connectivity index (χ0v) is 11.7. The average Bonchev–Trinajstić information content (AvgIpc) is 2.81. The molecule has 1 rings (SSSR count). The topological polar surface area (TPSA) is 32.3 Å². The molecule has 3 heteroatoms. The minimum atomic E-state index is 0.340. The third-order valence-corrected chi connectivity index (χ3v) is 3.78. The molecule has 1 heterocycles. The van der Waals surface area contributed by atoms with E-state index in [0.29, 0.717) is 24.4 Å². The van der Waals surface area contributed by atoms with Crippen molar-refractivity contribution in [2.45, 2.75) is 71.4 Å². The molecule has 1 saturated heterocycles. The van der Waals surface area contributed by atoms with Gasteiger partial charge >= 0.3 is 0 Å². The van der Waals surface area contributed by atoms with E-state index >= 15 is 0 Å². The molecular weight excluding hydrogens is 212 g/mol. The summed E-state index contributed by atoms with van der Waals surface area (Å²) in [6, 6.07) is 0.811. The van der Waals surface area contributed by atoms with Crippen LogP contribution in [0.5, 0.6) is 0 Å². The van der Waals surface area contributed by atoms with Crippen LogP contribution in [0.25, 0.3) is 0 Å². The second-order valence-corrected chi connectivity index (χ2v) is 5.20. The highest BCUT2D eigenvalue weighted by molar-refractivity contribution is 5.77. The van der Waals surface area contributed by atoms with E-state index in [1.165, 1.54) is 6.42 Å². The minimum absolute atomic E-state index is 0.340. The van der Waals surface area contributed by atoms with Crippen molar-refractivity contribution < 1.29 is 4.79 Å². The van der Waals surface area contributed by atoms with Crippen molar-refractivity contribution in [3.8, 4) is 0 Å². The molecule has 0 aromatic carbocycles. The van der Waals surface area contributed by atoms with E-state index < -0.39 is 0 Å². The molecule has 0 aliphatic carbocycles. The van der Waals surface area contributed by atoms with Gasteiger partial charge in [-0.1, -0.05) is 20.3 Å². The van der Waals surface area contributed by atoms with Crippen LogP contribution in [0.15, 0.2) is 0 Å². The van der Waals surface area contributed by atoms with Gasteiger partial charge in [0.1, 0.15) is 0 Å². The largest absolute Gasteiger partial charge is 0.340 e. The van der Waals surface area contributed by atoms with Crippen LogP contribution in [0, 0.1) is 0 Å². The summed E-state index contributed by atoms with van der Waals surface area (Å²) in [6.45, 7) is 8.51. The van der Waals surface area contributed by atoms with Crippen molar-refractivity contribution in [1.82, 2.24) is 10.2 Å². The number of amides is 1. The van der Waals surface area contributed by atoms with Crippen LogP contribution in [0.2, 0.25) is 0 Å². The Bertz CT molecular complexity index is 224. The van der Waals surface area contributed by atoms with Gasteiger partial charge in [-0.15, -0.1) is 0 Å². The zero-order chi connectivity index (χ0) is 12.7. The van der Waals surface area contributed by atoms with Gasteiger partial charge in [-0.2, -0.15) is 0 Å². The lowest BCUT2D eigenvalue weighted by molar-refractivity contribution is -0.133. The van der Waals surface area contributed by atoms with Crippen LogP contribution in [0.1, 0.15) is 59.3 Å². The lowest BCUT2D eigenvalue weighted by Crippen LogP contribution is -2.41. The molecule has 2 atom stereocenters. The van der Waals surface area contributed by atoms with Crippen LogP contribution in [0.3, 0.4) is 0 Å². The summed E-state index contributed by atoms with van der Waals surface area (Å²) >= 11 is 0. The highest BCUT2D eigenvalue weighted by Gasteiger charge is 2.23. The van der Waals surface area contributed by atoms with Gasteiger partial charge < -0.3 is 10.2 Å². The molecule has 3 nitrogen and oxygen atoms in total. The van der Waals surface area contributed by atoms with E-state index in [4.69, 9.17) is 0 Å². The van der Waals surface area contributed by atoms with Crippen molar-refractivity contribution in [3.05, 3.63) is 0 Å². The number of hydrogen-bond acceptors (Lipinski definition) is 2. The highest BCUT2D eigenvalue weighted by Crippen LogP contribution is 2.14. The lowest BCUT2D eigenvalue weighted by Gasteiger charge is -2.29. The van der Waals surface area contributed by atoms with Crippen molar-refractivity contribution >= 4 is 5.91 Å². The van der Waals surface area contributed by atoms with Crippen molar-refractivity contribution in [2.24, 2.45) is 0 Å². The van der Waals surface area contributed by atoms with Crippen LogP contribution < -0.4 is 5.32 Å². The van der Waals surface area contributed by atoms with Gasteiger partial charge in [0.05, 0.1) is 0 Å². The summed E-state index contributed by atoms with van der Waals surface area (Å²) in [6.07, 6.45) is 6.39. The summed E-state index contributed by atoms with van der Waals surface area (Å²) in [5.74, 6) is 0.340. The third kappa shape index (κ3) is 4.66. The molecule has 17 heavy (non-hydrogen) atoms. The molecule has 2 unspecified atom stereocenters. The van der Waals surface area contributed by atoms with E-state index in [-0.39, 0.29) is 0 Å². The number of nitrogens with one attached hydrogen (secondary N) is 1. The molecule has 0 aromatic heterocycles. The molecule has 1 aliphatic rings. The molecule has 0 saturated carbocycles. The minimum Gasteiger partial charge on any atom is -0.340 e. The molecule has 0 radical (unpaired) electrons. The second kappa shape index (κ2) is 7.70. The molecule has 1 aliphatic heterocycles. The fraction of sp³-hybridized carbons (Fsp3) is 0.929. The monoisotopic (exact) mass is 240 g/mol. The highest BCUT2D eigenvalue weighted by atomic mass is 16.2. The molecule has 0 bridgehead atoms. The zero-order valence-electron chi connectivity index (χ0n) is 11.7. The van der Waals surface area contributed by atoms with Gasteiger partial charge in [0.25, 0.3) is 0 Å². The molecule has 100 valence electrons. The second-order valence-electron chi connectivity index (χ2n) is 5.20.